The Labute approximate surface area is 154 Å². The van der Waals surface area contributed by atoms with Gasteiger partial charge >= 0.3 is 0 Å². The van der Waals surface area contributed by atoms with Crippen molar-refractivity contribution >= 4 is 17.3 Å². The summed E-state index contributed by atoms with van der Waals surface area (Å²) < 4.78 is 5.27. The third-order valence-electron chi connectivity index (χ3n) is 4.11. The number of hydrogen-bond acceptors (Lipinski definition) is 5. The molecule has 1 heterocycles. The second kappa shape index (κ2) is 8.45. The second-order valence-corrected chi connectivity index (χ2v) is 6.24. The first-order valence-electron chi connectivity index (χ1n) is 8.60. The van der Waals surface area contributed by atoms with E-state index in [2.05, 4.69) is 47.4 Å². The fourth-order valence-corrected chi connectivity index (χ4v) is 2.76. The van der Waals surface area contributed by atoms with Crippen LogP contribution in [-0.2, 0) is 17.9 Å². The molecule has 0 bridgehead atoms. The highest BCUT2D eigenvalue weighted by Gasteiger charge is 2.09. The summed E-state index contributed by atoms with van der Waals surface area (Å²) in [6.07, 6.45) is 0. The van der Waals surface area contributed by atoms with Gasteiger partial charge in [0.25, 0.3) is 0 Å². The van der Waals surface area contributed by atoms with E-state index in [-0.39, 0.29) is 0 Å². The zero-order chi connectivity index (χ0) is 18.4. The molecular formula is C21H24N4O. The van der Waals surface area contributed by atoms with Crippen molar-refractivity contribution in [3.8, 4) is 0 Å². The highest BCUT2D eigenvalue weighted by atomic mass is 16.5. The van der Waals surface area contributed by atoms with Gasteiger partial charge < -0.3 is 15.0 Å². The van der Waals surface area contributed by atoms with Crippen molar-refractivity contribution in [2.45, 2.75) is 20.1 Å². The Balaban J connectivity index is 1.85. The highest BCUT2D eigenvalue weighted by molar-refractivity contribution is 5.58. The van der Waals surface area contributed by atoms with Gasteiger partial charge in [-0.05, 0) is 36.8 Å². The van der Waals surface area contributed by atoms with Gasteiger partial charge in [0.2, 0.25) is 5.95 Å². The summed E-state index contributed by atoms with van der Waals surface area (Å²) in [6.45, 7) is 3.20. The Hall–Kier alpha value is -2.92. The number of rotatable bonds is 7. The Morgan fingerprint density at radius 2 is 1.65 bits per heavy atom. The topological polar surface area (TPSA) is 50.3 Å². The molecule has 1 N–H and O–H groups in total. The second-order valence-electron chi connectivity index (χ2n) is 6.24. The van der Waals surface area contributed by atoms with E-state index in [0.29, 0.717) is 19.1 Å². The molecule has 0 atom stereocenters. The molecule has 0 aliphatic carbocycles. The summed E-state index contributed by atoms with van der Waals surface area (Å²) in [4.78, 5) is 11.4. The number of ether oxygens (including phenoxy) is 1. The summed E-state index contributed by atoms with van der Waals surface area (Å²) >= 11 is 0. The van der Waals surface area contributed by atoms with Crippen molar-refractivity contribution in [1.82, 2.24) is 9.97 Å². The average molecular weight is 348 g/mol. The fraction of sp³-hybridized carbons (Fsp3) is 0.238. The zero-order valence-electron chi connectivity index (χ0n) is 15.4. The molecule has 0 fully saturated rings. The smallest absolute Gasteiger partial charge is 0.227 e. The third kappa shape index (κ3) is 4.58. The molecule has 3 aromatic rings. The van der Waals surface area contributed by atoms with Gasteiger partial charge in [-0.1, -0.05) is 36.4 Å². The van der Waals surface area contributed by atoms with Gasteiger partial charge in [0.15, 0.2) is 0 Å². The molecule has 5 heteroatoms. The van der Waals surface area contributed by atoms with Gasteiger partial charge in [-0.15, -0.1) is 0 Å². The van der Waals surface area contributed by atoms with E-state index in [1.807, 2.05) is 42.5 Å². The molecule has 0 saturated carbocycles. The molecule has 2 aromatic carbocycles. The minimum absolute atomic E-state index is 0.451. The van der Waals surface area contributed by atoms with Crippen LogP contribution in [-0.4, -0.2) is 24.1 Å². The first-order chi connectivity index (χ1) is 12.7. The van der Waals surface area contributed by atoms with Crippen LogP contribution in [0.4, 0.5) is 17.3 Å². The molecule has 0 aliphatic heterocycles. The lowest BCUT2D eigenvalue weighted by Crippen LogP contribution is -2.18. The SMILES string of the molecule is COCc1cc(CN(C)c2ccccc2)nc(Nc2ccccc2C)n1. The predicted octanol–water partition coefficient (Wildman–Crippen LogP) is 4.31. The van der Waals surface area contributed by atoms with Crippen LogP contribution in [0.15, 0.2) is 60.7 Å². The number of methoxy groups -OCH3 is 1. The molecule has 0 unspecified atom stereocenters. The van der Waals surface area contributed by atoms with Crippen LogP contribution in [0.25, 0.3) is 0 Å². The molecule has 0 spiro atoms. The summed E-state index contributed by atoms with van der Waals surface area (Å²) in [6, 6.07) is 20.4. The molecule has 0 radical (unpaired) electrons. The standard InChI is InChI=1S/C21H24N4O/c1-16-9-7-8-12-20(16)24-21-22-17(13-18(23-21)15-26-3)14-25(2)19-10-5-4-6-11-19/h4-13H,14-15H2,1-3H3,(H,22,23,24). The number of para-hydroxylation sites is 2. The first-order valence-corrected chi connectivity index (χ1v) is 8.60. The van der Waals surface area contributed by atoms with Gasteiger partial charge in [0.1, 0.15) is 0 Å². The minimum atomic E-state index is 0.451. The molecule has 0 amide bonds. The maximum absolute atomic E-state index is 5.27. The normalized spacial score (nSPS) is 10.6. The zero-order valence-corrected chi connectivity index (χ0v) is 15.4. The van der Waals surface area contributed by atoms with E-state index in [1.54, 1.807) is 7.11 Å². The Bertz CT molecular complexity index is 852. The summed E-state index contributed by atoms with van der Waals surface area (Å²) in [5.74, 6) is 0.588. The van der Waals surface area contributed by atoms with Gasteiger partial charge in [-0.3, -0.25) is 0 Å². The Morgan fingerprint density at radius 3 is 2.38 bits per heavy atom. The van der Waals surface area contributed by atoms with E-state index in [4.69, 9.17) is 9.72 Å². The number of nitrogens with zero attached hydrogens (tertiary/aromatic N) is 3. The number of benzene rings is 2. The van der Waals surface area contributed by atoms with Crippen LogP contribution >= 0.6 is 0 Å². The van der Waals surface area contributed by atoms with E-state index in [1.165, 1.54) is 0 Å². The van der Waals surface area contributed by atoms with E-state index >= 15 is 0 Å². The first kappa shape index (κ1) is 17.9. The number of aromatic nitrogens is 2. The molecule has 26 heavy (non-hydrogen) atoms. The van der Waals surface area contributed by atoms with E-state index < -0.39 is 0 Å². The number of nitrogens with one attached hydrogen (secondary N) is 1. The molecule has 134 valence electrons. The number of anilines is 3. The summed E-state index contributed by atoms with van der Waals surface area (Å²) in [5, 5.41) is 3.33. The van der Waals surface area contributed by atoms with E-state index in [9.17, 15) is 0 Å². The van der Waals surface area contributed by atoms with Gasteiger partial charge in [-0.2, -0.15) is 0 Å². The predicted molar refractivity (Wildman–Crippen MR) is 106 cm³/mol. The quantitative estimate of drug-likeness (QED) is 0.689. The van der Waals surface area contributed by atoms with Gasteiger partial charge in [-0.25, -0.2) is 9.97 Å². The van der Waals surface area contributed by atoms with Crippen LogP contribution in [0.5, 0.6) is 0 Å². The Morgan fingerprint density at radius 1 is 0.962 bits per heavy atom. The van der Waals surface area contributed by atoms with Crippen molar-refractivity contribution in [2.24, 2.45) is 0 Å². The maximum atomic E-state index is 5.27. The van der Waals surface area contributed by atoms with Gasteiger partial charge in [0.05, 0.1) is 24.5 Å². The monoisotopic (exact) mass is 348 g/mol. The molecule has 3 rings (SSSR count). The van der Waals surface area contributed by atoms with Crippen molar-refractivity contribution < 1.29 is 4.74 Å². The molecule has 1 aromatic heterocycles. The fourth-order valence-electron chi connectivity index (χ4n) is 2.76. The van der Waals surface area contributed by atoms with Crippen molar-refractivity contribution in [3.05, 3.63) is 77.6 Å². The molecule has 5 nitrogen and oxygen atoms in total. The lowest BCUT2D eigenvalue weighted by atomic mass is 10.2. The minimum Gasteiger partial charge on any atom is -0.378 e. The van der Waals surface area contributed by atoms with Crippen LogP contribution < -0.4 is 10.2 Å². The van der Waals surface area contributed by atoms with E-state index in [0.717, 1.165) is 28.3 Å². The van der Waals surface area contributed by atoms with Crippen molar-refractivity contribution in [3.63, 3.8) is 0 Å². The number of aryl methyl sites for hydroxylation is 1. The summed E-state index contributed by atoms with van der Waals surface area (Å²) in [5.41, 5.74) is 5.10. The number of hydrogen-bond donors (Lipinski definition) is 1. The van der Waals surface area contributed by atoms with Crippen LogP contribution in [0.3, 0.4) is 0 Å². The maximum Gasteiger partial charge on any atom is 0.227 e. The lowest BCUT2D eigenvalue weighted by Gasteiger charge is -2.19. The molecule has 0 aliphatic rings. The Kier molecular flexibility index (Phi) is 5.81. The average Bonchev–Trinajstić information content (AvgIpc) is 2.64. The largest absolute Gasteiger partial charge is 0.378 e. The van der Waals surface area contributed by atoms with Crippen molar-refractivity contribution in [2.75, 3.05) is 24.4 Å². The molecule has 0 saturated heterocycles. The highest BCUT2D eigenvalue weighted by Crippen LogP contribution is 2.20. The van der Waals surface area contributed by atoms with Crippen LogP contribution in [0, 0.1) is 6.92 Å². The van der Waals surface area contributed by atoms with Gasteiger partial charge in [0, 0.05) is 25.5 Å². The molecular weight excluding hydrogens is 324 g/mol. The van der Waals surface area contributed by atoms with Crippen LogP contribution in [0.1, 0.15) is 17.0 Å². The lowest BCUT2D eigenvalue weighted by molar-refractivity contribution is 0.181. The van der Waals surface area contributed by atoms with Crippen LogP contribution in [0.2, 0.25) is 0 Å². The van der Waals surface area contributed by atoms with Crippen molar-refractivity contribution in [1.29, 1.82) is 0 Å². The summed E-state index contributed by atoms with van der Waals surface area (Å²) in [7, 11) is 3.73. The third-order valence-corrected chi connectivity index (χ3v) is 4.11.